The van der Waals surface area contributed by atoms with E-state index in [0.29, 0.717) is 5.70 Å². The van der Waals surface area contributed by atoms with E-state index in [9.17, 15) is 4.79 Å². The molecule has 0 heterocycles. The topological polar surface area (TPSA) is 58.6 Å². The first-order valence-corrected chi connectivity index (χ1v) is 6.41. The number of carbonyl (C=O) groups excluding carboxylic acids is 1. The van der Waals surface area contributed by atoms with E-state index in [1.807, 2.05) is 19.1 Å². The van der Waals surface area contributed by atoms with Crippen LogP contribution < -0.4 is 5.32 Å². The van der Waals surface area contributed by atoms with Gasteiger partial charge in [0.1, 0.15) is 5.60 Å². The number of carbonyl (C=O) groups is 1. The number of nitrogens with one attached hydrogen (secondary N) is 1. The van der Waals surface area contributed by atoms with Gasteiger partial charge in [-0.3, -0.25) is 5.32 Å². The smallest absolute Gasteiger partial charge is 0.412 e. The third kappa shape index (κ3) is 10.1. The summed E-state index contributed by atoms with van der Waals surface area (Å²) in [5, 5.41) is 11.3. The highest BCUT2D eigenvalue weighted by molar-refractivity contribution is 5.70. The zero-order valence-corrected chi connectivity index (χ0v) is 12.3. The molecular formula is C15H25NO3. The molecule has 4 nitrogen and oxygen atoms in total. The Hall–Kier alpha value is -1.55. The van der Waals surface area contributed by atoms with Crippen molar-refractivity contribution >= 4 is 6.09 Å². The number of aliphatic hydroxyl groups is 1. The first kappa shape index (κ1) is 17.4. The molecule has 0 aromatic heterocycles. The summed E-state index contributed by atoms with van der Waals surface area (Å²) in [4.78, 5) is 11.5. The molecule has 0 aromatic rings. The maximum Gasteiger partial charge on any atom is 0.412 e. The monoisotopic (exact) mass is 267 g/mol. The van der Waals surface area contributed by atoms with E-state index in [-0.39, 0.29) is 6.61 Å². The Bertz CT molecular complexity index is 362. The summed E-state index contributed by atoms with van der Waals surface area (Å²) in [6, 6.07) is 0. The number of rotatable bonds is 6. The Kier molecular flexibility index (Phi) is 7.84. The predicted molar refractivity (Wildman–Crippen MR) is 77.7 cm³/mol. The van der Waals surface area contributed by atoms with Crippen molar-refractivity contribution in [1.82, 2.24) is 5.32 Å². The van der Waals surface area contributed by atoms with Crippen LogP contribution in [0.15, 0.2) is 36.1 Å². The summed E-state index contributed by atoms with van der Waals surface area (Å²) in [7, 11) is 0. The van der Waals surface area contributed by atoms with Crippen LogP contribution in [0.25, 0.3) is 0 Å². The molecule has 108 valence electrons. The third-order valence-corrected chi connectivity index (χ3v) is 2.15. The quantitative estimate of drug-likeness (QED) is 0.726. The molecule has 0 fully saturated rings. The van der Waals surface area contributed by atoms with E-state index >= 15 is 0 Å². The van der Waals surface area contributed by atoms with E-state index in [2.05, 4.69) is 11.9 Å². The first-order chi connectivity index (χ1) is 8.78. The molecule has 0 aliphatic rings. The molecule has 0 saturated carbocycles. The van der Waals surface area contributed by atoms with Crippen molar-refractivity contribution in [3.8, 4) is 0 Å². The minimum absolute atomic E-state index is 0.169. The van der Waals surface area contributed by atoms with E-state index < -0.39 is 11.7 Å². The van der Waals surface area contributed by atoms with Crippen LogP contribution in [0.5, 0.6) is 0 Å². The van der Waals surface area contributed by atoms with Crippen LogP contribution >= 0.6 is 0 Å². The number of alkyl carbamates (subject to hydrolysis) is 1. The molecule has 0 rings (SSSR count). The third-order valence-electron chi connectivity index (χ3n) is 2.15. The number of amides is 1. The molecule has 1 amide bonds. The fourth-order valence-electron chi connectivity index (χ4n) is 1.29. The average Bonchev–Trinajstić information content (AvgIpc) is 2.26. The zero-order chi connectivity index (χ0) is 14.9. The highest BCUT2D eigenvalue weighted by Gasteiger charge is 2.15. The Balaban J connectivity index is 4.26. The van der Waals surface area contributed by atoms with Gasteiger partial charge in [0.05, 0.1) is 0 Å². The lowest BCUT2D eigenvalue weighted by atomic mass is 10.1. The van der Waals surface area contributed by atoms with Gasteiger partial charge in [0, 0.05) is 12.3 Å². The van der Waals surface area contributed by atoms with Gasteiger partial charge < -0.3 is 9.84 Å². The van der Waals surface area contributed by atoms with Crippen LogP contribution in [0, 0.1) is 0 Å². The summed E-state index contributed by atoms with van der Waals surface area (Å²) < 4.78 is 5.11. The normalized spacial score (nSPS) is 12.6. The molecule has 0 saturated heterocycles. The van der Waals surface area contributed by atoms with Crippen LogP contribution in [0.3, 0.4) is 0 Å². The Morgan fingerprint density at radius 2 is 2.00 bits per heavy atom. The second kappa shape index (κ2) is 8.53. The number of hydrogen-bond acceptors (Lipinski definition) is 3. The van der Waals surface area contributed by atoms with Gasteiger partial charge in [-0.15, -0.1) is 0 Å². The van der Waals surface area contributed by atoms with Gasteiger partial charge in [-0.1, -0.05) is 24.3 Å². The van der Waals surface area contributed by atoms with Gasteiger partial charge >= 0.3 is 6.09 Å². The van der Waals surface area contributed by atoms with Crippen molar-refractivity contribution in [2.75, 3.05) is 6.61 Å². The number of ether oxygens (including phenoxy) is 1. The van der Waals surface area contributed by atoms with Crippen LogP contribution in [0.1, 0.15) is 40.5 Å². The minimum atomic E-state index is -0.524. The lowest BCUT2D eigenvalue weighted by Gasteiger charge is -2.19. The van der Waals surface area contributed by atoms with Crippen molar-refractivity contribution < 1.29 is 14.6 Å². The predicted octanol–water partition coefficient (Wildman–Crippen LogP) is 3.30. The summed E-state index contributed by atoms with van der Waals surface area (Å²) >= 11 is 0. The summed E-state index contributed by atoms with van der Waals surface area (Å²) in [6.45, 7) is 11.2. The Morgan fingerprint density at radius 3 is 2.47 bits per heavy atom. The maximum absolute atomic E-state index is 11.5. The molecule has 0 bridgehead atoms. The summed E-state index contributed by atoms with van der Waals surface area (Å²) in [6.07, 6.45) is 6.55. The minimum Gasteiger partial charge on any atom is -0.444 e. The lowest BCUT2D eigenvalue weighted by Crippen LogP contribution is -2.31. The maximum atomic E-state index is 11.5. The standard InChI is InChI=1S/C15H25NO3/c1-6-13(8-7-11-17)10-9-12(2)16-14(18)19-15(3,4)5/h6,9-10,17H,2,7-8,11H2,1,3-5H3,(H,16,18)/b10-9-,13-6-. The second-order valence-corrected chi connectivity index (χ2v) is 5.18. The van der Waals surface area contributed by atoms with Gasteiger partial charge in [-0.05, 0) is 46.6 Å². The highest BCUT2D eigenvalue weighted by Crippen LogP contribution is 2.09. The number of aliphatic hydroxyl groups excluding tert-OH is 1. The molecule has 0 aromatic carbocycles. The molecule has 0 unspecified atom stereocenters. The first-order valence-electron chi connectivity index (χ1n) is 6.41. The van der Waals surface area contributed by atoms with Crippen molar-refractivity contribution in [3.63, 3.8) is 0 Å². The van der Waals surface area contributed by atoms with Crippen LogP contribution in [0.4, 0.5) is 4.79 Å². The van der Waals surface area contributed by atoms with Crippen LogP contribution in [-0.4, -0.2) is 23.4 Å². The van der Waals surface area contributed by atoms with Gasteiger partial charge in [0.25, 0.3) is 0 Å². The van der Waals surface area contributed by atoms with E-state index in [0.717, 1.165) is 18.4 Å². The molecule has 0 atom stereocenters. The van der Waals surface area contributed by atoms with Crippen LogP contribution in [-0.2, 0) is 4.74 Å². The second-order valence-electron chi connectivity index (χ2n) is 5.18. The zero-order valence-electron chi connectivity index (χ0n) is 12.3. The SMILES string of the molecule is C=C(/C=C\C(=C/C)CCCO)NC(=O)OC(C)(C)C. The van der Waals surface area contributed by atoms with Crippen LogP contribution in [0.2, 0.25) is 0 Å². The molecular weight excluding hydrogens is 242 g/mol. The molecule has 0 spiro atoms. The van der Waals surface area contributed by atoms with Crippen molar-refractivity contribution in [2.24, 2.45) is 0 Å². The van der Waals surface area contributed by atoms with E-state index in [1.54, 1.807) is 26.8 Å². The number of hydrogen-bond donors (Lipinski definition) is 2. The summed E-state index contributed by atoms with van der Waals surface area (Å²) in [5.41, 5.74) is 1.03. The Morgan fingerprint density at radius 1 is 1.37 bits per heavy atom. The van der Waals surface area contributed by atoms with Crippen molar-refractivity contribution in [2.45, 2.75) is 46.1 Å². The lowest BCUT2D eigenvalue weighted by molar-refractivity contribution is 0.0548. The summed E-state index contributed by atoms with van der Waals surface area (Å²) in [5.74, 6) is 0. The fraction of sp³-hybridized carbons (Fsp3) is 0.533. The largest absolute Gasteiger partial charge is 0.444 e. The van der Waals surface area contributed by atoms with Gasteiger partial charge in [-0.2, -0.15) is 0 Å². The van der Waals surface area contributed by atoms with E-state index in [1.165, 1.54) is 0 Å². The molecule has 19 heavy (non-hydrogen) atoms. The van der Waals surface area contributed by atoms with Gasteiger partial charge in [0.2, 0.25) is 0 Å². The highest BCUT2D eigenvalue weighted by atomic mass is 16.6. The molecule has 0 aliphatic heterocycles. The average molecular weight is 267 g/mol. The van der Waals surface area contributed by atoms with E-state index in [4.69, 9.17) is 9.84 Å². The van der Waals surface area contributed by atoms with Gasteiger partial charge in [-0.25, -0.2) is 4.79 Å². The molecule has 0 radical (unpaired) electrons. The van der Waals surface area contributed by atoms with Crippen molar-refractivity contribution in [3.05, 3.63) is 36.1 Å². The molecule has 4 heteroatoms. The fourth-order valence-corrected chi connectivity index (χ4v) is 1.29. The number of allylic oxidation sites excluding steroid dienone is 4. The molecule has 0 aliphatic carbocycles. The van der Waals surface area contributed by atoms with Crippen molar-refractivity contribution in [1.29, 1.82) is 0 Å². The molecule has 2 N–H and O–H groups in total. The Labute approximate surface area is 115 Å². The van der Waals surface area contributed by atoms with Gasteiger partial charge in [0.15, 0.2) is 0 Å².